The van der Waals surface area contributed by atoms with E-state index in [0.29, 0.717) is 6.04 Å². The van der Waals surface area contributed by atoms with Crippen molar-refractivity contribution in [3.63, 3.8) is 0 Å². The molecule has 1 fully saturated rings. The molecule has 1 atom stereocenters. The molecule has 18 heavy (non-hydrogen) atoms. The third kappa shape index (κ3) is 3.27. The number of aromatic nitrogens is 1. The maximum absolute atomic E-state index is 4.52. The van der Waals surface area contributed by atoms with Crippen LogP contribution in [0, 0.1) is 5.92 Å². The van der Waals surface area contributed by atoms with Gasteiger partial charge in [-0.1, -0.05) is 26.3 Å². The number of hydrogen-bond donors (Lipinski definition) is 0. The lowest BCUT2D eigenvalue weighted by molar-refractivity contribution is 0.130. The van der Waals surface area contributed by atoms with Crippen LogP contribution in [-0.4, -0.2) is 29.2 Å². The van der Waals surface area contributed by atoms with E-state index < -0.39 is 0 Å². The zero-order chi connectivity index (χ0) is 13.0. The smallest absolute Gasteiger partial charge is 0.100 e. The average Bonchev–Trinajstić information content (AvgIpc) is 2.39. The molecule has 0 unspecified atom stereocenters. The van der Waals surface area contributed by atoms with Crippen molar-refractivity contribution in [3.05, 3.63) is 23.9 Å². The lowest BCUT2D eigenvalue weighted by Crippen LogP contribution is -2.36. The van der Waals surface area contributed by atoms with E-state index in [9.17, 15) is 0 Å². The number of nitrogens with zero attached hydrogens (tertiary/aromatic N) is 2. The molecule has 1 aliphatic rings. The SMILES string of the molecule is CSc1ncccc1[C@H]1CCCCN1CC(C)C. The van der Waals surface area contributed by atoms with E-state index in [2.05, 4.69) is 42.1 Å². The fraction of sp³-hybridized carbons (Fsp3) is 0.667. The van der Waals surface area contributed by atoms with Gasteiger partial charge in [-0.05, 0) is 37.6 Å². The zero-order valence-electron chi connectivity index (χ0n) is 11.7. The molecule has 0 saturated carbocycles. The van der Waals surface area contributed by atoms with Gasteiger partial charge in [0.15, 0.2) is 0 Å². The molecule has 1 aromatic heterocycles. The monoisotopic (exact) mass is 264 g/mol. The standard InChI is InChI=1S/C15H24N2S/c1-12(2)11-17-10-5-4-8-14(17)13-7-6-9-16-15(13)18-3/h6-7,9,12,14H,4-5,8,10-11H2,1-3H3/t14-/m1/s1. The molecule has 3 heteroatoms. The van der Waals surface area contributed by atoms with E-state index >= 15 is 0 Å². The first-order valence-electron chi connectivity index (χ1n) is 6.95. The van der Waals surface area contributed by atoms with Crippen LogP contribution in [0.15, 0.2) is 23.4 Å². The molecular weight excluding hydrogens is 240 g/mol. The number of pyridine rings is 1. The van der Waals surface area contributed by atoms with Crippen LogP contribution in [0.5, 0.6) is 0 Å². The van der Waals surface area contributed by atoms with Crippen molar-refractivity contribution in [2.45, 2.75) is 44.2 Å². The van der Waals surface area contributed by atoms with E-state index in [0.717, 1.165) is 5.92 Å². The highest BCUT2D eigenvalue weighted by Crippen LogP contribution is 2.35. The predicted octanol–water partition coefficient (Wildman–Crippen LogP) is 3.99. The van der Waals surface area contributed by atoms with E-state index in [1.165, 1.54) is 42.9 Å². The predicted molar refractivity (Wildman–Crippen MR) is 79.0 cm³/mol. The van der Waals surface area contributed by atoms with Gasteiger partial charge in [0.05, 0.1) is 0 Å². The van der Waals surface area contributed by atoms with Gasteiger partial charge in [0.1, 0.15) is 5.03 Å². The van der Waals surface area contributed by atoms with Crippen molar-refractivity contribution >= 4 is 11.8 Å². The van der Waals surface area contributed by atoms with E-state index in [1.807, 2.05) is 6.20 Å². The minimum absolute atomic E-state index is 0.581. The van der Waals surface area contributed by atoms with Crippen LogP contribution in [0.2, 0.25) is 0 Å². The maximum atomic E-state index is 4.52. The van der Waals surface area contributed by atoms with Gasteiger partial charge in [-0.15, -0.1) is 11.8 Å². The first-order chi connectivity index (χ1) is 8.72. The molecule has 2 nitrogen and oxygen atoms in total. The molecular formula is C15H24N2S. The summed E-state index contributed by atoms with van der Waals surface area (Å²) in [5.41, 5.74) is 1.44. The van der Waals surface area contributed by atoms with E-state index in [1.54, 1.807) is 11.8 Å². The molecule has 0 N–H and O–H groups in total. The summed E-state index contributed by atoms with van der Waals surface area (Å²) in [5, 5.41) is 1.21. The number of piperidine rings is 1. The summed E-state index contributed by atoms with van der Waals surface area (Å²) in [6.07, 6.45) is 8.01. The van der Waals surface area contributed by atoms with Gasteiger partial charge in [-0.25, -0.2) is 4.98 Å². The first kappa shape index (κ1) is 13.9. The molecule has 0 aliphatic carbocycles. The van der Waals surface area contributed by atoms with Crippen LogP contribution in [0.4, 0.5) is 0 Å². The first-order valence-corrected chi connectivity index (χ1v) is 8.17. The van der Waals surface area contributed by atoms with Crippen molar-refractivity contribution < 1.29 is 0 Å². The molecule has 0 radical (unpaired) electrons. The van der Waals surface area contributed by atoms with Crippen LogP contribution < -0.4 is 0 Å². The summed E-state index contributed by atoms with van der Waals surface area (Å²) in [4.78, 5) is 7.18. The lowest BCUT2D eigenvalue weighted by atomic mass is 9.95. The second-order valence-electron chi connectivity index (χ2n) is 5.50. The summed E-state index contributed by atoms with van der Waals surface area (Å²) >= 11 is 1.77. The van der Waals surface area contributed by atoms with E-state index in [4.69, 9.17) is 0 Å². The quantitative estimate of drug-likeness (QED) is 0.765. The number of thioether (sulfide) groups is 1. The Balaban J connectivity index is 2.22. The third-order valence-corrected chi connectivity index (χ3v) is 4.29. The van der Waals surface area contributed by atoms with Crippen molar-refractivity contribution in [3.8, 4) is 0 Å². The van der Waals surface area contributed by atoms with Crippen LogP contribution in [0.25, 0.3) is 0 Å². The highest BCUT2D eigenvalue weighted by molar-refractivity contribution is 7.98. The summed E-state index contributed by atoms with van der Waals surface area (Å²) in [6, 6.07) is 4.93. The minimum atomic E-state index is 0.581. The molecule has 1 aliphatic heterocycles. The van der Waals surface area contributed by atoms with Gasteiger partial charge in [-0.2, -0.15) is 0 Å². The molecule has 0 amide bonds. The Labute approximate surface area is 115 Å². The van der Waals surface area contributed by atoms with E-state index in [-0.39, 0.29) is 0 Å². The van der Waals surface area contributed by atoms with Crippen LogP contribution in [0.3, 0.4) is 0 Å². The average molecular weight is 264 g/mol. The summed E-state index contributed by atoms with van der Waals surface area (Å²) in [5.74, 6) is 0.736. The van der Waals surface area contributed by atoms with Crippen molar-refractivity contribution in [1.29, 1.82) is 0 Å². The summed E-state index contributed by atoms with van der Waals surface area (Å²) < 4.78 is 0. The topological polar surface area (TPSA) is 16.1 Å². The summed E-state index contributed by atoms with van der Waals surface area (Å²) in [6.45, 7) is 7.06. The molecule has 0 aromatic carbocycles. The molecule has 0 spiro atoms. The summed E-state index contributed by atoms with van der Waals surface area (Å²) in [7, 11) is 0. The Morgan fingerprint density at radius 1 is 1.44 bits per heavy atom. The Hall–Kier alpha value is -0.540. The van der Waals surface area contributed by atoms with Crippen LogP contribution >= 0.6 is 11.8 Å². The Bertz CT molecular complexity index is 379. The fourth-order valence-corrected chi connectivity index (χ4v) is 3.46. The lowest BCUT2D eigenvalue weighted by Gasteiger charge is -2.37. The van der Waals surface area contributed by atoms with Gasteiger partial charge < -0.3 is 0 Å². The van der Waals surface area contributed by atoms with Gasteiger partial charge in [-0.3, -0.25) is 4.90 Å². The highest BCUT2D eigenvalue weighted by atomic mass is 32.2. The highest BCUT2D eigenvalue weighted by Gasteiger charge is 2.26. The van der Waals surface area contributed by atoms with Crippen molar-refractivity contribution in [1.82, 2.24) is 9.88 Å². The Morgan fingerprint density at radius 2 is 2.28 bits per heavy atom. The Kier molecular flexibility index (Phi) is 5.07. The molecule has 100 valence electrons. The van der Waals surface area contributed by atoms with Gasteiger partial charge in [0.2, 0.25) is 0 Å². The molecule has 1 saturated heterocycles. The second-order valence-corrected chi connectivity index (χ2v) is 6.30. The van der Waals surface area contributed by atoms with Gasteiger partial charge in [0.25, 0.3) is 0 Å². The molecule has 2 heterocycles. The molecule has 1 aromatic rings. The molecule has 0 bridgehead atoms. The molecule has 2 rings (SSSR count). The largest absolute Gasteiger partial charge is 0.296 e. The minimum Gasteiger partial charge on any atom is -0.296 e. The second kappa shape index (κ2) is 6.58. The third-order valence-electron chi connectivity index (χ3n) is 3.57. The Morgan fingerprint density at radius 3 is 3.00 bits per heavy atom. The van der Waals surface area contributed by atoms with Gasteiger partial charge >= 0.3 is 0 Å². The number of hydrogen-bond acceptors (Lipinski definition) is 3. The van der Waals surface area contributed by atoms with Crippen molar-refractivity contribution in [2.75, 3.05) is 19.3 Å². The van der Waals surface area contributed by atoms with Crippen LogP contribution in [-0.2, 0) is 0 Å². The van der Waals surface area contributed by atoms with Crippen LogP contribution in [0.1, 0.15) is 44.7 Å². The number of rotatable bonds is 4. The normalized spacial score (nSPS) is 21.4. The fourth-order valence-electron chi connectivity index (χ4n) is 2.86. The number of likely N-dealkylation sites (tertiary alicyclic amines) is 1. The maximum Gasteiger partial charge on any atom is 0.100 e. The van der Waals surface area contributed by atoms with Gasteiger partial charge in [0, 0.05) is 24.3 Å². The zero-order valence-corrected chi connectivity index (χ0v) is 12.5. The van der Waals surface area contributed by atoms with Crippen molar-refractivity contribution in [2.24, 2.45) is 5.92 Å².